The van der Waals surface area contributed by atoms with Crippen molar-refractivity contribution < 1.29 is 14.3 Å². The largest absolute Gasteiger partial charge is 0.489 e. The minimum Gasteiger partial charge on any atom is -0.489 e. The summed E-state index contributed by atoms with van der Waals surface area (Å²) in [6, 6.07) is 23.7. The Balaban J connectivity index is 1.53. The number of carbonyl (C=O) groups is 2. The van der Waals surface area contributed by atoms with Crippen LogP contribution in [0.5, 0.6) is 5.75 Å². The number of amides is 2. The Morgan fingerprint density at radius 3 is 2.11 bits per heavy atom. The lowest BCUT2D eigenvalue weighted by Gasteiger charge is -2.10. The van der Waals surface area contributed by atoms with Crippen molar-refractivity contribution in [3.8, 4) is 5.75 Å². The summed E-state index contributed by atoms with van der Waals surface area (Å²) in [7, 11) is 0. The molecule has 136 valence electrons. The molecule has 0 unspecified atom stereocenters. The van der Waals surface area contributed by atoms with E-state index in [4.69, 9.17) is 4.74 Å². The second-order valence-electron chi connectivity index (χ2n) is 6.02. The molecule has 0 saturated carbocycles. The molecule has 5 heteroatoms. The summed E-state index contributed by atoms with van der Waals surface area (Å²) in [4.78, 5) is 24.3. The average molecular weight is 360 g/mol. The quantitative estimate of drug-likeness (QED) is 0.683. The first-order chi connectivity index (χ1) is 13.1. The highest BCUT2D eigenvalue weighted by Gasteiger charge is 2.10. The molecule has 0 atom stereocenters. The van der Waals surface area contributed by atoms with Crippen LogP contribution in [0.3, 0.4) is 0 Å². The molecule has 5 nitrogen and oxygen atoms in total. The summed E-state index contributed by atoms with van der Waals surface area (Å²) in [5.41, 5.74) is 7.70. The standard InChI is InChI=1S/C22H20N2O3/c1-16-7-5-6-10-20(16)22(26)24-23-21(25)18-11-13-19(14-12-18)27-15-17-8-3-2-4-9-17/h2-14H,15H2,1H3,(H,23,25)(H,24,26). The van der Waals surface area contributed by atoms with E-state index < -0.39 is 5.91 Å². The minimum atomic E-state index is -0.397. The fraction of sp³-hybridized carbons (Fsp3) is 0.0909. The van der Waals surface area contributed by atoms with E-state index in [0.717, 1.165) is 11.1 Å². The Kier molecular flexibility index (Phi) is 5.84. The van der Waals surface area contributed by atoms with Crippen LogP contribution in [0.25, 0.3) is 0 Å². The molecule has 0 saturated heterocycles. The second-order valence-corrected chi connectivity index (χ2v) is 6.02. The first-order valence-corrected chi connectivity index (χ1v) is 8.56. The van der Waals surface area contributed by atoms with E-state index in [-0.39, 0.29) is 5.91 Å². The first-order valence-electron chi connectivity index (χ1n) is 8.56. The van der Waals surface area contributed by atoms with Gasteiger partial charge in [0.05, 0.1) is 0 Å². The van der Waals surface area contributed by atoms with Gasteiger partial charge in [-0.1, -0.05) is 48.5 Å². The van der Waals surface area contributed by atoms with Crippen LogP contribution in [0.15, 0.2) is 78.9 Å². The third-order valence-electron chi connectivity index (χ3n) is 4.04. The van der Waals surface area contributed by atoms with Crippen molar-refractivity contribution in [1.82, 2.24) is 10.9 Å². The van der Waals surface area contributed by atoms with Crippen molar-refractivity contribution in [2.75, 3.05) is 0 Å². The second kappa shape index (κ2) is 8.67. The molecule has 0 bridgehead atoms. The fourth-order valence-corrected chi connectivity index (χ4v) is 2.52. The van der Waals surface area contributed by atoms with Gasteiger partial charge in [-0.05, 0) is 48.4 Å². The van der Waals surface area contributed by atoms with Crippen molar-refractivity contribution in [2.24, 2.45) is 0 Å². The molecular formula is C22H20N2O3. The maximum atomic E-state index is 12.2. The van der Waals surface area contributed by atoms with Crippen LogP contribution in [-0.4, -0.2) is 11.8 Å². The van der Waals surface area contributed by atoms with Gasteiger partial charge < -0.3 is 4.74 Å². The molecule has 0 radical (unpaired) electrons. The number of aryl methyl sites for hydroxylation is 1. The normalized spacial score (nSPS) is 10.1. The molecule has 27 heavy (non-hydrogen) atoms. The van der Waals surface area contributed by atoms with Gasteiger partial charge in [-0.2, -0.15) is 0 Å². The van der Waals surface area contributed by atoms with Gasteiger partial charge in [-0.3, -0.25) is 20.4 Å². The molecule has 0 spiro atoms. The van der Waals surface area contributed by atoms with Gasteiger partial charge in [0.1, 0.15) is 12.4 Å². The number of hydrazine groups is 1. The molecule has 2 amide bonds. The number of hydrogen-bond donors (Lipinski definition) is 2. The Bertz CT molecular complexity index is 922. The molecule has 0 aliphatic heterocycles. The molecule has 0 aliphatic carbocycles. The summed E-state index contributed by atoms with van der Waals surface area (Å²) in [5.74, 6) is -0.0878. The Labute approximate surface area is 158 Å². The van der Waals surface area contributed by atoms with Crippen molar-refractivity contribution >= 4 is 11.8 Å². The molecule has 3 rings (SSSR count). The lowest BCUT2D eigenvalue weighted by atomic mass is 10.1. The number of nitrogens with one attached hydrogen (secondary N) is 2. The lowest BCUT2D eigenvalue weighted by molar-refractivity contribution is 0.0846. The first kappa shape index (κ1) is 18.2. The summed E-state index contributed by atoms with van der Waals surface area (Å²) in [5, 5.41) is 0. The van der Waals surface area contributed by atoms with E-state index in [1.807, 2.05) is 49.4 Å². The van der Waals surface area contributed by atoms with Gasteiger partial charge >= 0.3 is 0 Å². The van der Waals surface area contributed by atoms with Crippen LogP contribution in [0.2, 0.25) is 0 Å². The molecule has 0 heterocycles. The highest BCUT2D eigenvalue weighted by molar-refractivity contribution is 5.99. The van der Waals surface area contributed by atoms with Crippen LogP contribution in [0, 0.1) is 6.92 Å². The van der Waals surface area contributed by atoms with Gasteiger partial charge in [0.15, 0.2) is 0 Å². The van der Waals surface area contributed by atoms with Gasteiger partial charge in [-0.15, -0.1) is 0 Å². The van der Waals surface area contributed by atoms with Crippen molar-refractivity contribution in [3.05, 3.63) is 101 Å². The van der Waals surface area contributed by atoms with Crippen LogP contribution in [-0.2, 0) is 6.61 Å². The number of rotatable bonds is 5. The molecule has 0 aromatic heterocycles. The van der Waals surface area contributed by atoms with Gasteiger partial charge in [-0.25, -0.2) is 0 Å². The van der Waals surface area contributed by atoms with Gasteiger partial charge in [0.25, 0.3) is 11.8 Å². The van der Waals surface area contributed by atoms with Crippen molar-refractivity contribution in [3.63, 3.8) is 0 Å². The molecule has 0 aliphatic rings. The smallest absolute Gasteiger partial charge is 0.269 e. The number of hydrogen-bond acceptors (Lipinski definition) is 3. The van der Waals surface area contributed by atoms with E-state index in [1.165, 1.54) is 0 Å². The Morgan fingerprint density at radius 2 is 1.41 bits per heavy atom. The van der Waals surface area contributed by atoms with Gasteiger partial charge in [0.2, 0.25) is 0 Å². The van der Waals surface area contributed by atoms with E-state index in [9.17, 15) is 9.59 Å². The Morgan fingerprint density at radius 1 is 0.778 bits per heavy atom. The zero-order chi connectivity index (χ0) is 19.1. The number of carbonyl (C=O) groups excluding carboxylic acids is 2. The zero-order valence-corrected chi connectivity index (χ0v) is 14.9. The van der Waals surface area contributed by atoms with E-state index in [1.54, 1.807) is 36.4 Å². The maximum absolute atomic E-state index is 12.2. The minimum absolute atomic E-state index is 0.357. The topological polar surface area (TPSA) is 67.4 Å². The Hall–Kier alpha value is -3.60. The zero-order valence-electron chi connectivity index (χ0n) is 14.9. The average Bonchev–Trinajstić information content (AvgIpc) is 2.72. The number of benzene rings is 3. The van der Waals surface area contributed by atoms with E-state index >= 15 is 0 Å². The molecule has 3 aromatic carbocycles. The summed E-state index contributed by atoms with van der Waals surface area (Å²) in [6.45, 7) is 2.30. The van der Waals surface area contributed by atoms with Crippen LogP contribution >= 0.6 is 0 Å². The van der Waals surface area contributed by atoms with E-state index in [0.29, 0.717) is 23.5 Å². The van der Waals surface area contributed by atoms with Crippen LogP contribution in [0.1, 0.15) is 31.8 Å². The third kappa shape index (κ3) is 4.95. The highest BCUT2D eigenvalue weighted by atomic mass is 16.5. The van der Waals surface area contributed by atoms with Crippen molar-refractivity contribution in [1.29, 1.82) is 0 Å². The van der Waals surface area contributed by atoms with Crippen LogP contribution < -0.4 is 15.6 Å². The SMILES string of the molecule is Cc1ccccc1C(=O)NNC(=O)c1ccc(OCc2ccccc2)cc1. The number of ether oxygens (including phenoxy) is 1. The lowest BCUT2D eigenvalue weighted by Crippen LogP contribution is -2.41. The fourth-order valence-electron chi connectivity index (χ4n) is 2.52. The maximum Gasteiger partial charge on any atom is 0.269 e. The predicted molar refractivity (Wildman–Crippen MR) is 103 cm³/mol. The predicted octanol–water partition coefficient (Wildman–Crippen LogP) is 3.65. The molecular weight excluding hydrogens is 340 g/mol. The molecule has 0 fully saturated rings. The monoisotopic (exact) mass is 360 g/mol. The molecule has 2 N–H and O–H groups in total. The third-order valence-corrected chi connectivity index (χ3v) is 4.04. The summed E-state index contributed by atoms with van der Waals surface area (Å²) in [6.07, 6.45) is 0. The summed E-state index contributed by atoms with van der Waals surface area (Å²) < 4.78 is 5.69. The van der Waals surface area contributed by atoms with E-state index in [2.05, 4.69) is 10.9 Å². The highest BCUT2D eigenvalue weighted by Crippen LogP contribution is 2.14. The van der Waals surface area contributed by atoms with Crippen LogP contribution in [0.4, 0.5) is 0 Å². The molecule has 3 aromatic rings. The van der Waals surface area contributed by atoms with Gasteiger partial charge in [0, 0.05) is 11.1 Å². The summed E-state index contributed by atoms with van der Waals surface area (Å²) >= 11 is 0. The van der Waals surface area contributed by atoms with Crippen molar-refractivity contribution in [2.45, 2.75) is 13.5 Å².